The van der Waals surface area contributed by atoms with Crippen LogP contribution in [0.3, 0.4) is 0 Å². The molecule has 0 nitrogen and oxygen atoms in total. The normalized spacial score (nSPS) is 26.5. The van der Waals surface area contributed by atoms with Gasteiger partial charge in [-0.1, -0.05) is 11.6 Å². The van der Waals surface area contributed by atoms with Crippen LogP contribution >= 0.6 is 0 Å². The maximum Gasteiger partial charge on any atom is -0.0120 e. The first-order chi connectivity index (χ1) is 5.86. The number of hydrogen-bond acceptors (Lipinski definition) is 0. The van der Waals surface area contributed by atoms with Crippen LogP contribution in [0.4, 0.5) is 0 Å². The summed E-state index contributed by atoms with van der Waals surface area (Å²) in [6.45, 7) is 4.17. The first kappa shape index (κ1) is 9.35. The van der Waals surface area contributed by atoms with Gasteiger partial charge >= 0.3 is 0 Å². The SMILES string of the molecule is CC=C=CC1CCC/C(=C\C)C1. The van der Waals surface area contributed by atoms with Crippen molar-refractivity contribution in [2.24, 2.45) is 5.92 Å². The second-order valence-electron chi connectivity index (χ2n) is 3.43. The molecule has 1 aliphatic rings. The third-order valence-corrected chi connectivity index (χ3v) is 2.50. The fraction of sp³-hybridized carbons (Fsp3) is 0.583. The zero-order chi connectivity index (χ0) is 8.81. The molecule has 1 aliphatic carbocycles. The molecular formula is C12H18. The summed E-state index contributed by atoms with van der Waals surface area (Å²) in [6.07, 6.45) is 11.8. The highest BCUT2D eigenvalue weighted by atomic mass is 14.2. The number of rotatable bonds is 1. The van der Waals surface area contributed by atoms with Gasteiger partial charge < -0.3 is 0 Å². The zero-order valence-corrected chi connectivity index (χ0v) is 8.14. The van der Waals surface area contributed by atoms with Crippen LogP contribution < -0.4 is 0 Å². The Kier molecular flexibility index (Phi) is 3.90. The van der Waals surface area contributed by atoms with E-state index in [0.717, 1.165) is 5.92 Å². The molecule has 0 aliphatic heterocycles. The Hall–Kier alpha value is -0.740. The Morgan fingerprint density at radius 3 is 2.92 bits per heavy atom. The van der Waals surface area contributed by atoms with E-state index in [1.165, 1.54) is 25.7 Å². The van der Waals surface area contributed by atoms with E-state index < -0.39 is 0 Å². The van der Waals surface area contributed by atoms with Gasteiger partial charge in [0.05, 0.1) is 0 Å². The van der Waals surface area contributed by atoms with Crippen molar-refractivity contribution in [3.8, 4) is 0 Å². The molecule has 1 saturated carbocycles. The van der Waals surface area contributed by atoms with E-state index in [-0.39, 0.29) is 0 Å². The molecule has 12 heavy (non-hydrogen) atoms. The van der Waals surface area contributed by atoms with Crippen molar-refractivity contribution >= 4 is 0 Å². The monoisotopic (exact) mass is 162 g/mol. The topological polar surface area (TPSA) is 0 Å². The Bertz CT molecular complexity index is 214. The van der Waals surface area contributed by atoms with Gasteiger partial charge in [-0.15, -0.1) is 5.73 Å². The minimum Gasteiger partial charge on any atom is -0.130 e. The van der Waals surface area contributed by atoms with Gasteiger partial charge in [-0.2, -0.15) is 0 Å². The van der Waals surface area contributed by atoms with Crippen LogP contribution in [0.15, 0.2) is 29.5 Å². The predicted molar refractivity (Wildman–Crippen MR) is 54.0 cm³/mol. The van der Waals surface area contributed by atoms with Crippen molar-refractivity contribution in [3.63, 3.8) is 0 Å². The van der Waals surface area contributed by atoms with Gasteiger partial charge in [0, 0.05) is 0 Å². The van der Waals surface area contributed by atoms with Crippen molar-refractivity contribution in [2.45, 2.75) is 39.5 Å². The summed E-state index contributed by atoms with van der Waals surface area (Å²) in [5.41, 5.74) is 4.81. The van der Waals surface area contributed by atoms with E-state index in [9.17, 15) is 0 Å². The molecule has 1 rings (SSSR count). The smallest absolute Gasteiger partial charge is 0.0120 e. The Morgan fingerprint density at radius 2 is 2.25 bits per heavy atom. The van der Waals surface area contributed by atoms with Crippen molar-refractivity contribution in [2.75, 3.05) is 0 Å². The summed E-state index contributed by atoms with van der Waals surface area (Å²) < 4.78 is 0. The minimum atomic E-state index is 0.751. The minimum absolute atomic E-state index is 0.751. The lowest BCUT2D eigenvalue weighted by Gasteiger charge is -2.20. The van der Waals surface area contributed by atoms with Crippen molar-refractivity contribution < 1.29 is 0 Å². The van der Waals surface area contributed by atoms with Gasteiger partial charge in [0.1, 0.15) is 0 Å². The summed E-state index contributed by atoms with van der Waals surface area (Å²) in [7, 11) is 0. The average Bonchev–Trinajstić information content (AvgIpc) is 2.15. The van der Waals surface area contributed by atoms with Gasteiger partial charge in [-0.3, -0.25) is 0 Å². The van der Waals surface area contributed by atoms with Crippen molar-refractivity contribution in [3.05, 3.63) is 29.5 Å². The summed E-state index contributed by atoms with van der Waals surface area (Å²) >= 11 is 0. The maximum atomic E-state index is 3.19. The third-order valence-electron chi connectivity index (χ3n) is 2.50. The van der Waals surface area contributed by atoms with Crippen LogP contribution in [0, 0.1) is 5.92 Å². The second-order valence-corrected chi connectivity index (χ2v) is 3.43. The quantitative estimate of drug-likeness (QED) is 0.406. The molecule has 0 bridgehead atoms. The highest BCUT2D eigenvalue weighted by Gasteiger charge is 2.13. The fourth-order valence-corrected chi connectivity index (χ4v) is 1.77. The zero-order valence-electron chi connectivity index (χ0n) is 8.14. The second kappa shape index (κ2) is 5.00. The lowest BCUT2D eigenvalue weighted by Crippen LogP contribution is -2.05. The van der Waals surface area contributed by atoms with E-state index in [1.54, 1.807) is 5.57 Å². The molecule has 0 radical (unpaired) electrons. The molecule has 66 valence electrons. The molecule has 0 N–H and O–H groups in total. The van der Waals surface area contributed by atoms with Gasteiger partial charge in [0.25, 0.3) is 0 Å². The standard InChI is InChI=1S/C12H18/c1-3-5-7-12-9-6-8-11(4-2)10-12/h3-4,7,12H,6,8-10H2,1-2H3/b11-4+. The van der Waals surface area contributed by atoms with Crippen LogP contribution in [-0.2, 0) is 0 Å². The van der Waals surface area contributed by atoms with E-state index in [4.69, 9.17) is 0 Å². The molecule has 1 atom stereocenters. The summed E-state index contributed by atoms with van der Waals surface area (Å²) in [4.78, 5) is 0. The fourth-order valence-electron chi connectivity index (χ4n) is 1.77. The van der Waals surface area contributed by atoms with Crippen molar-refractivity contribution in [1.29, 1.82) is 0 Å². The third kappa shape index (κ3) is 2.71. The average molecular weight is 162 g/mol. The highest BCUT2D eigenvalue weighted by Crippen LogP contribution is 2.28. The predicted octanol–water partition coefficient (Wildman–Crippen LogP) is 3.85. The lowest BCUT2D eigenvalue weighted by molar-refractivity contribution is 0.495. The largest absolute Gasteiger partial charge is 0.130 e. The van der Waals surface area contributed by atoms with E-state index in [1.807, 2.05) is 13.0 Å². The Balaban J connectivity index is 2.52. The molecule has 0 aromatic heterocycles. The van der Waals surface area contributed by atoms with Crippen LogP contribution in [0.5, 0.6) is 0 Å². The van der Waals surface area contributed by atoms with Crippen LogP contribution in [0.2, 0.25) is 0 Å². The van der Waals surface area contributed by atoms with Crippen LogP contribution in [-0.4, -0.2) is 0 Å². The molecule has 0 heterocycles. The molecule has 0 saturated heterocycles. The summed E-state index contributed by atoms with van der Waals surface area (Å²) in [5, 5.41) is 0. The van der Waals surface area contributed by atoms with Gasteiger partial charge in [-0.25, -0.2) is 0 Å². The maximum absolute atomic E-state index is 3.19. The highest BCUT2D eigenvalue weighted by molar-refractivity contribution is 5.07. The van der Waals surface area contributed by atoms with E-state index >= 15 is 0 Å². The van der Waals surface area contributed by atoms with Crippen LogP contribution in [0.1, 0.15) is 39.5 Å². The number of hydrogen-bond donors (Lipinski definition) is 0. The number of allylic oxidation sites excluding steroid dienone is 3. The van der Waals surface area contributed by atoms with Gasteiger partial charge in [-0.05, 0) is 57.6 Å². The first-order valence-corrected chi connectivity index (χ1v) is 4.88. The van der Waals surface area contributed by atoms with E-state index in [2.05, 4.69) is 24.8 Å². The molecule has 0 aromatic carbocycles. The van der Waals surface area contributed by atoms with Crippen molar-refractivity contribution in [1.82, 2.24) is 0 Å². The summed E-state index contributed by atoms with van der Waals surface area (Å²) in [6, 6.07) is 0. The van der Waals surface area contributed by atoms with Crippen LogP contribution in [0.25, 0.3) is 0 Å². The molecular weight excluding hydrogens is 144 g/mol. The van der Waals surface area contributed by atoms with E-state index in [0.29, 0.717) is 0 Å². The van der Waals surface area contributed by atoms with Gasteiger partial charge in [0.15, 0.2) is 0 Å². The van der Waals surface area contributed by atoms with Gasteiger partial charge in [0.2, 0.25) is 0 Å². The Labute approximate surface area is 75.7 Å². The first-order valence-electron chi connectivity index (χ1n) is 4.88. The Morgan fingerprint density at radius 1 is 1.42 bits per heavy atom. The molecule has 0 heteroatoms. The molecule has 0 aromatic rings. The molecule has 1 fully saturated rings. The summed E-state index contributed by atoms with van der Waals surface area (Å²) in [5.74, 6) is 0.751. The molecule has 0 amide bonds. The lowest BCUT2D eigenvalue weighted by atomic mass is 9.85. The molecule has 1 unspecified atom stereocenters. The molecule has 0 spiro atoms.